The molecule has 0 bridgehead atoms. The van der Waals surface area contributed by atoms with E-state index in [-0.39, 0.29) is 24.2 Å². The maximum Gasteiger partial charge on any atom is 0.163 e. The van der Waals surface area contributed by atoms with Crippen molar-refractivity contribution in [3.8, 4) is 5.75 Å². The molecule has 5 heteroatoms. The molecule has 1 fully saturated rings. The number of ketones is 1. The summed E-state index contributed by atoms with van der Waals surface area (Å²) in [5.74, 6) is -0.192. The van der Waals surface area contributed by atoms with Crippen LogP contribution < -0.4 is 4.90 Å². The largest absolute Gasteiger partial charge is 0.507 e. The summed E-state index contributed by atoms with van der Waals surface area (Å²) in [5.41, 5.74) is 1.10. The molecule has 0 radical (unpaired) electrons. The lowest BCUT2D eigenvalue weighted by Gasteiger charge is -2.36. The fraction of sp³-hybridized carbons (Fsp3) is 0.462. The smallest absolute Gasteiger partial charge is 0.163 e. The van der Waals surface area contributed by atoms with Crippen LogP contribution in [0.1, 0.15) is 17.3 Å². The summed E-state index contributed by atoms with van der Waals surface area (Å²) < 4.78 is 5.30. The van der Waals surface area contributed by atoms with Gasteiger partial charge in [-0.05, 0) is 19.1 Å². The Bertz CT molecular complexity index is 447. The molecular weight excluding hydrogens is 234 g/mol. The number of hydrogen-bond acceptors (Lipinski definition) is 5. The first kappa shape index (κ1) is 12.9. The van der Waals surface area contributed by atoms with Crippen LogP contribution in [0.2, 0.25) is 0 Å². The summed E-state index contributed by atoms with van der Waals surface area (Å²) in [6, 6.07) is 4.84. The molecule has 1 aliphatic heterocycles. The first-order valence-corrected chi connectivity index (χ1v) is 5.92. The molecule has 1 unspecified atom stereocenters. The zero-order chi connectivity index (χ0) is 13.1. The van der Waals surface area contributed by atoms with Crippen LogP contribution in [0.3, 0.4) is 0 Å². The zero-order valence-electron chi connectivity index (χ0n) is 10.3. The minimum Gasteiger partial charge on any atom is -0.507 e. The molecular formula is C13H17NO4. The van der Waals surface area contributed by atoms with Gasteiger partial charge in [-0.25, -0.2) is 0 Å². The van der Waals surface area contributed by atoms with Gasteiger partial charge in [0, 0.05) is 18.3 Å². The molecule has 0 saturated carbocycles. The van der Waals surface area contributed by atoms with Crippen molar-refractivity contribution < 1.29 is 19.7 Å². The van der Waals surface area contributed by atoms with Crippen molar-refractivity contribution in [3.05, 3.63) is 23.8 Å². The van der Waals surface area contributed by atoms with E-state index in [1.807, 2.05) is 4.90 Å². The van der Waals surface area contributed by atoms with Gasteiger partial charge in [0.05, 0.1) is 31.4 Å². The summed E-state index contributed by atoms with van der Waals surface area (Å²) in [5, 5.41) is 19.1. The van der Waals surface area contributed by atoms with E-state index in [0.29, 0.717) is 25.3 Å². The van der Waals surface area contributed by atoms with E-state index < -0.39 is 0 Å². The maximum absolute atomic E-state index is 11.2. The monoisotopic (exact) mass is 251 g/mol. The molecule has 1 heterocycles. The molecule has 0 aliphatic carbocycles. The number of benzene rings is 1. The van der Waals surface area contributed by atoms with Crippen molar-refractivity contribution in [2.45, 2.75) is 13.0 Å². The Kier molecular flexibility index (Phi) is 3.84. The molecule has 1 atom stereocenters. The van der Waals surface area contributed by atoms with Crippen LogP contribution in [0.25, 0.3) is 0 Å². The molecule has 1 aliphatic rings. The number of ether oxygens (including phenoxy) is 1. The average molecular weight is 251 g/mol. The SMILES string of the molecule is CC(=O)c1ccc(N2CCOCC2CO)cc1O. The maximum atomic E-state index is 11.2. The normalized spacial score (nSPS) is 19.9. The third-order valence-corrected chi connectivity index (χ3v) is 3.13. The van der Waals surface area contributed by atoms with Gasteiger partial charge in [0.1, 0.15) is 5.75 Å². The first-order valence-electron chi connectivity index (χ1n) is 5.92. The van der Waals surface area contributed by atoms with E-state index in [9.17, 15) is 15.0 Å². The van der Waals surface area contributed by atoms with Crippen LogP contribution in [0, 0.1) is 0 Å². The number of anilines is 1. The lowest BCUT2D eigenvalue weighted by Crippen LogP contribution is -2.47. The van der Waals surface area contributed by atoms with Gasteiger partial charge in [0.15, 0.2) is 5.78 Å². The van der Waals surface area contributed by atoms with Crippen molar-refractivity contribution in [2.24, 2.45) is 0 Å². The lowest BCUT2D eigenvalue weighted by atomic mass is 10.1. The Hall–Kier alpha value is -1.59. The summed E-state index contributed by atoms with van der Waals surface area (Å²) in [4.78, 5) is 13.2. The Morgan fingerprint density at radius 3 is 2.94 bits per heavy atom. The summed E-state index contributed by atoms with van der Waals surface area (Å²) in [6.07, 6.45) is 0. The molecule has 0 aromatic heterocycles. The quantitative estimate of drug-likeness (QED) is 0.777. The highest BCUT2D eigenvalue weighted by Gasteiger charge is 2.23. The third kappa shape index (κ3) is 2.47. The number of aromatic hydroxyl groups is 1. The molecule has 0 spiro atoms. The van der Waals surface area contributed by atoms with Crippen LogP contribution >= 0.6 is 0 Å². The molecule has 1 aromatic rings. The number of aliphatic hydroxyl groups excluding tert-OH is 1. The lowest BCUT2D eigenvalue weighted by molar-refractivity contribution is 0.0727. The topological polar surface area (TPSA) is 70.0 Å². The Morgan fingerprint density at radius 1 is 1.56 bits per heavy atom. The minimum absolute atomic E-state index is 0.00474. The molecule has 1 saturated heterocycles. The fourth-order valence-corrected chi connectivity index (χ4v) is 2.14. The summed E-state index contributed by atoms with van der Waals surface area (Å²) in [6.45, 7) is 3.12. The molecule has 5 nitrogen and oxygen atoms in total. The van der Waals surface area contributed by atoms with Crippen LogP contribution in [0.4, 0.5) is 5.69 Å². The van der Waals surface area contributed by atoms with Gasteiger partial charge < -0.3 is 19.8 Å². The predicted octanol–water partition coefficient (Wildman–Crippen LogP) is 0.792. The number of Topliss-reactive ketones (excluding diaryl/α,β-unsaturated/α-hetero) is 1. The van der Waals surface area contributed by atoms with Crippen molar-refractivity contribution in [3.63, 3.8) is 0 Å². The highest BCUT2D eigenvalue weighted by Crippen LogP contribution is 2.27. The Morgan fingerprint density at radius 2 is 2.33 bits per heavy atom. The number of hydrogen-bond donors (Lipinski definition) is 2. The van der Waals surface area contributed by atoms with Gasteiger partial charge in [-0.2, -0.15) is 0 Å². The van der Waals surface area contributed by atoms with Gasteiger partial charge in [-0.15, -0.1) is 0 Å². The predicted molar refractivity (Wildman–Crippen MR) is 67.2 cm³/mol. The molecule has 18 heavy (non-hydrogen) atoms. The van der Waals surface area contributed by atoms with E-state index in [1.165, 1.54) is 6.92 Å². The van der Waals surface area contributed by atoms with Gasteiger partial charge in [0.2, 0.25) is 0 Å². The highest BCUT2D eigenvalue weighted by molar-refractivity contribution is 5.97. The fourth-order valence-electron chi connectivity index (χ4n) is 2.14. The minimum atomic E-state index is -0.167. The van der Waals surface area contributed by atoms with Crippen LogP contribution in [-0.2, 0) is 4.74 Å². The van der Waals surface area contributed by atoms with Gasteiger partial charge in [0.25, 0.3) is 0 Å². The number of carbonyl (C=O) groups excluding carboxylic acids is 1. The van der Waals surface area contributed by atoms with E-state index in [4.69, 9.17) is 4.74 Å². The van der Waals surface area contributed by atoms with Crippen LogP contribution in [0.5, 0.6) is 5.75 Å². The second kappa shape index (κ2) is 5.37. The van der Waals surface area contributed by atoms with Gasteiger partial charge in [-0.3, -0.25) is 4.79 Å². The summed E-state index contributed by atoms with van der Waals surface area (Å²) >= 11 is 0. The Labute approximate surface area is 106 Å². The van der Waals surface area contributed by atoms with Crippen molar-refractivity contribution in [2.75, 3.05) is 31.3 Å². The molecule has 98 valence electrons. The third-order valence-electron chi connectivity index (χ3n) is 3.13. The van der Waals surface area contributed by atoms with E-state index >= 15 is 0 Å². The van der Waals surface area contributed by atoms with Crippen molar-refractivity contribution >= 4 is 11.5 Å². The standard InChI is InChI=1S/C13H17NO4/c1-9(16)12-3-2-10(6-13(12)17)14-4-5-18-8-11(14)7-15/h2-3,6,11,15,17H,4-5,7-8H2,1H3. The van der Waals surface area contributed by atoms with Crippen molar-refractivity contribution in [1.29, 1.82) is 0 Å². The second-order valence-corrected chi connectivity index (χ2v) is 4.36. The number of nitrogens with zero attached hydrogens (tertiary/aromatic N) is 1. The number of morpholine rings is 1. The molecule has 0 amide bonds. The molecule has 1 aromatic carbocycles. The van der Waals surface area contributed by atoms with Gasteiger partial charge in [-0.1, -0.05) is 0 Å². The number of phenols is 1. The molecule has 2 rings (SSSR count). The van der Waals surface area contributed by atoms with Gasteiger partial charge >= 0.3 is 0 Å². The van der Waals surface area contributed by atoms with Crippen LogP contribution in [0.15, 0.2) is 18.2 Å². The molecule has 2 N–H and O–H groups in total. The van der Waals surface area contributed by atoms with Crippen molar-refractivity contribution in [1.82, 2.24) is 0 Å². The first-order chi connectivity index (χ1) is 8.63. The van der Waals surface area contributed by atoms with Crippen LogP contribution in [-0.4, -0.2) is 48.4 Å². The van der Waals surface area contributed by atoms with E-state index in [2.05, 4.69) is 0 Å². The number of rotatable bonds is 3. The Balaban J connectivity index is 2.27. The highest BCUT2D eigenvalue weighted by atomic mass is 16.5. The number of phenolic OH excluding ortho intramolecular Hbond substituents is 1. The van der Waals surface area contributed by atoms with E-state index in [0.717, 1.165) is 5.69 Å². The average Bonchev–Trinajstić information content (AvgIpc) is 2.38. The van der Waals surface area contributed by atoms with E-state index in [1.54, 1.807) is 18.2 Å². The zero-order valence-corrected chi connectivity index (χ0v) is 10.3. The second-order valence-electron chi connectivity index (χ2n) is 4.36. The number of aliphatic hydroxyl groups is 1. The summed E-state index contributed by atoms with van der Waals surface area (Å²) in [7, 11) is 0. The number of carbonyl (C=O) groups is 1.